The van der Waals surface area contributed by atoms with Gasteiger partial charge in [-0.1, -0.05) is 24.3 Å². The van der Waals surface area contributed by atoms with E-state index in [9.17, 15) is 19.7 Å². The lowest BCUT2D eigenvalue weighted by atomic mass is 10.1. The van der Waals surface area contributed by atoms with Gasteiger partial charge < -0.3 is 10.1 Å². The first-order valence-corrected chi connectivity index (χ1v) is 8.48. The molecule has 0 saturated heterocycles. The Hall–Kier alpha value is -3.81. The molecule has 3 rings (SSSR count). The molecule has 0 aliphatic carbocycles. The number of nitro benzene ring substituents is 1. The monoisotopic (exact) mass is 379 g/mol. The molecule has 0 aliphatic heterocycles. The van der Waals surface area contributed by atoms with Crippen LogP contribution in [0.1, 0.15) is 23.0 Å². The molecule has 0 bridgehead atoms. The molecule has 0 fully saturated rings. The first kappa shape index (κ1) is 19.0. The van der Waals surface area contributed by atoms with Gasteiger partial charge in [0.2, 0.25) is 0 Å². The highest BCUT2D eigenvalue weighted by molar-refractivity contribution is 6.05. The van der Waals surface area contributed by atoms with Gasteiger partial charge in [0, 0.05) is 28.9 Å². The molecule has 8 nitrogen and oxygen atoms in total. The second-order valence-electron chi connectivity index (χ2n) is 6.17. The summed E-state index contributed by atoms with van der Waals surface area (Å²) in [5, 5.41) is 14.0. The van der Waals surface area contributed by atoms with Crippen LogP contribution in [-0.2, 0) is 9.53 Å². The number of aryl methyl sites for hydroxylation is 1. The van der Waals surface area contributed by atoms with E-state index >= 15 is 0 Å². The number of carbonyl (C=O) groups excluding carboxylic acids is 2. The number of fused-ring (bicyclic) bond motifs is 1. The zero-order valence-electron chi connectivity index (χ0n) is 15.2. The summed E-state index contributed by atoms with van der Waals surface area (Å²) in [6.07, 6.45) is -1.10. The predicted octanol–water partition coefficient (Wildman–Crippen LogP) is 3.64. The van der Waals surface area contributed by atoms with E-state index in [0.29, 0.717) is 22.2 Å². The van der Waals surface area contributed by atoms with Crippen molar-refractivity contribution >= 4 is 34.2 Å². The lowest BCUT2D eigenvalue weighted by Crippen LogP contribution is -2.30. The first-order valence-electron chi connectivity index (χ1n) is 8.48. The zero-order chi connectivity index (χ0) is 20.3. The van der Waals surface area contributed by atoms with Crippen molar-refractivity contribution in [3.63, 3.8) is 0 Å². The van der Waals surface area contributed by atoms with E-state index in [1.807, 2.05) is 6.07 Å². The van der Waals surface area contributed by atoms with E-state index in [-0.39, 0.29) is 11.4 Å². The van der Waals surface area contributed by atoms with Crippen molar-refractivity contribution in [1.82, 2.24) is 4.98 Å². The number of aromatic nitrogens is 1. The second kappa shape index (κ2) is 7.83. The van der Waals surface area contributed by atoms with E-state index in [1.54, 1.807) is 31.2 Å². The normalized spacial score (nSPS) is 11.6. The Balaban J connectivity index is 1.75. The summed E-state index contributed by atoms with van der Waals surface area (Å²) in [6.45, 7) is 3.20. The second-order valence-corrected chi connectivity index (χ2v) is 6.17. The van der Waals surface area contributed by atoms with Crippen molar-refractivity contribution in [2.45, 2.75) is 20.0 Å². The summed E-state index contributed by atoms with van der Waals surface area (Å²) in [4.78, 5) is 39.6. The third-order valence-corrected chi connectivity index (χ3v) is 4.04. The fraction of sp³-hybridized carbons (Fsp3) is 0.150. The molecule has 1 N–H and O–H groups in total. The summed E-state index contributed by atoms with van der Waals surface area (Å²) in [6, 6.07) is 14.3. The van der Waals surface area contributed by atoms with E-state index in [1.165, 1.54) is 31.2 Å². The van der Waals surface area contributed by atoms with Gasteiger partial charge in [-0.25, -0.2) is 4.79 Å². The molecule has 142 valence electrons. The molecule has 0 unspecified atom stereocenters. The van der Waals surface area contributed by atoms with Gasteiger partial charge in [-0.3, -0.25) is 19.9 Å². The number of amides is 1. The molecule has 1 atom stereocenters. The molecule has 3 aromatic rings. The minimum absolute atomic E-state index is 0.152. The molecule has 28 heavy (non-hydrogen) atoms. The van der Waals surface area contributed by atoms with Gasteiger partial charge in [-0.15, -0.1) is 0 Å². The van der Waals surface area contributed by atoms with Crippen molar-refractivity contribution in [3.8, 4) is 0 Å². The fourth-order valence-electron chi connectivity index (χ4n) is 2.70. The maximum Gasteiger partial charge on any atom is 0.339 e. The number of para-hydroxylation sites is 1. The topological polar surface area (TPSA) is 111 Å². The number of carbonyl (C=O) groups is 2. The van der Waals surface area contributed by atoms with Gasteiger partial charge in [-0.2, -0.15) is 0 Å². The quantitative estimate of drug-likeness (QED) is 0.412. The molecule has 1 heterocycles. The third kappa shape index (κ3) is 4.12. The molecule has 2 aromatic carbocycles. The van der Waals surface area contributed by atoms with Crippen LogP contribution in [0.2, 0.25) is 0 Å². The van der Waals surface area contributed by atoms with Crippen molar-refractivity contribution in [3.05, 3.63) is 76.0 Å². The Morgan fingerprint density at radius 1 is 1.14 bits per heavy atom. The SMILES string of the molecule is Cc1cc(C(=O)O[C@H](C)C(=O)Nc2cccc([N+](=O)[O-])c2)c2ccccc2n1. The van der Waals surface area contributed by atoms with E-state index in [2.05, 4.69) is 10.3 Å². The lowest BCUT2D eigenvalue weighted by Gasteiger charge is -2.14. The molecule has 8 heteroatoms. The van der Waals surface area contributed by atoms with Gasteiger partial charge in [0.25, 0.3) is 11.6 Å². The largest absolute Gasteiger partial charge is 0.449 e. The minimum Gasteiger partial charge on any atom is -0.449 e. The van der Waals surface area contributed by atoms with Gasteiger partial charge in [-0.05, 0) is 32.0 Å². The molecule has 1 aromatic heterocycles. The van der Waals surface area contributed by atoms with Crippen LogP contribution in [0, 0.1) is 17.0 Å². The third-order valence-electron chi connectivity index (χ3n) is 4.04. The van der Waals surface area contributed by atoms with Crippen LogP contribution in [0.5, 0.6) is 0 Å². The number of nitrogens with one attached hydrogen (secondary N) is 1. The summed E-state index contributed by atoms with van der Waals surface area (Å²) in [5.41, 5.74) is 1.72. The average molecular weight is 379 g/mol. The van der Waals surface area contributed by atoms with Crippen molar-refractivity contribution < 1.29 is 19.2 Å². The maximum absolute atomic E-state index is 12.6. The molecule has 0 saturated carbocycles. The first-order chi connectivity index (χ1) is 13.3. The van der Waals surface area contributed by atoms with Crippen LogP contribution in [0.25, 0.3) is 10.9 Å². The van der Waals surface area contributed by atoms with Gasteiger partial charge in [0.15, 0.2) is 6.10 Å². The van der Waals surface area contributed by atoms with Crippen molar-refractivity contribution in [1.29, 1.82) is 0 Å². The van der Waals surface area contributed by atoms with E-state index in [4.69, 9.17) is 4.74 Å². The number of anilines is 1. The van der Waals surface area contributed by atoms with Crippen LogP contribution in [-0.4, -0.2) is 27.9 Å². The Kier molecular flexibility index (Phi) is 5.30. The Morgan fingerprint density at radius 2 is 1.89 bits per heavy atom. The number of nitrogens with zero attached hydrogens (tertiary/aromatic N) is 2. The Labute approximate surface area is 160 Å². The number of hydrogen-bond acceptors (Lipinski definition) is 6. The fourth-order valence-corrected chi connectivity index (χ4v) is 2.70. The van der Waals surface area contributed by atoms with Crippen LogP contribution in [0.3, 0.4) is 0 Å². The van der Waals surface area contributed by atoms with Crippen LogP contribution < -0.4 is 5.32 Å². The Morgan fingerprint density at radius 3 is 2.64 bits per heavy atom. The summed E-state index contributed by atoms with van der Waals surface area (Å²) < 4.78 is 5.30. The van der Waals surface area contributed by atoms with Crippen molar-refractivity contribution in [2.24, 2.45) is 0 Å². The molecule has 0 aliphatic rings. The molecular formula is C20H17N3O5. The predicted molar refractivity (Wildman–Crippen MR) is 103 cm³/mol. The maximum atomic E-state index is 12.6. The number of hydrogen-bond donors (Lipinski definition) is 1. The number of non-ortho nitro benzene ring substituents is 1. The summed E-state index contributed by atoms with van der Waals surface area (Å²) in [7, 11) is 0. The smallest absolute Gasteiger partial charge is 0.339 e. The average Bonchev–Trinajstić information content (AvgIpc) is 2.67. The van der Waals surface area contributed by atoms with Gasteiger partial charge in [0.05, 0.1) is 16.0 Å². The highest BCUT2D eigenvalue weighted by Crippen LogP contribution is 2.20. The molecular weight excluding hydrogens is 362 g/mol. The number of pyridine rings is 1. The zero-order valence-corrected chi connectivity index (χ0v) is 15.2. The number of rotatable bonds is 5. The molecule has 1 amide bonds. The minimum atomic E-state index is -1.10. The van der Waals surface area contributed by atoms with Crippen LogP contribution in [0.4, 0.5) is 11.4 Å². The number of benzene rings is 2. The molecule has 0 radical (unpaired) electrons. The number of ether oxygens (including phenoxy) is 1. The number of esters is 1. The summed E-state index contributed by atoms with van der Waals surface area (Å²) in [5.74, 6) is -1.24. The summed E-state index contributed by atoms with van der Waals surface area (Å²) >= 11 is 0. The highest BCUT2D eigenvalue weighted by atomic mass is 16.6. The highest BCUT2D eigenvalue weighted by Gasteiger charge is 2.21. The van der Waals surface area contributed by atoms with Gasteiger partial charge >= 0.3 is 5.97 Å². The number of nitro groups is 1. The van der Waals surface area contributed by atoms with Crippen LogP contribution >= 0.6 is 0 Å². The standard InChI is InChI=1S/C20H17N3O5/c1-12-10-17(16-8-3-4-9-18(16)21-12)20(25)28-13(2)19(24)22-14-6-5-7-15(11-14)23(26)27/h3-11,13H,1-2H3,(H,22,24)/t13-/m1/s1. The molecule has 0 spiro atoms. The van der Waals surface area contributed by atoms with Crippen molar-refractivity contribution in [2.75, 3.05) is 5.32 Å². The van der Waals surface area contributed by atoms with Crippen LogP contribution in [0.15, 0.2) is 54.6 Å². The van der Waals surface area contributed by atoms with E-state index < -0.39 is 22.9 Å². The van der Waals surface area contributed by atoms with Gasteiger partial charge in [0.1, 0.15) is 0 Å². The lowest BCUT2D eigenvalue weighted by molar-refractivity contribution is -0.384. The van der Waals surface area contributed by atoms with E-state index in [0.717, 1.165) is 0 Å². The Bertz CT molecular complexity index is 1080.